The number of imide groups is 2. The molecule has 12 heteroatoms. The Morgan fingerprint density at radius 2 is 1.81 bits per heavy atom. The highest BCUT2D eigenvalue weighted by atomic mass is 35.5. The second-order valence-corrected chi connectivity index (χ2v) is 6.66. The molecular formula is C19H12ClF3N4O4. The van der Waals surface area contributed by atoms with E-state index in [-0.39, 0.29) is 11.3 Å². The fourth-order valence-corrected chi connectivity index (χ4v) is 2.75. The molecular weight excluding hydrogens is 441 g/mol. The number of carbonyl (C=O) groups excluding carboxylic acids is 4. The Hall–Kier alpha value is -3.73. The fraction of sp³-hybridized carbons (Fsp3) is 0.105. The predicted molar refractivity (Wildman–Crippen MR) is 103 cm³/mol. The van der Waals surface area contributed by atoms with Crippen LogP contribution in [0.25, 0.3) is 0 Å². The maximum atomic E-state index is 12.9. The molecule has 0 unspecified atom stereocenters. The smallest absolute Gasteiger partial charge is 0.276 e. The van der Waals surface area contributed by atoms with Crippen molar-refractivity contribution in [3.05, 3.63) is 64.7 Å². The summed E-state index contributed by atoms with van der Waals surface area (Å²) < 4.78 is 38.8. The van der Waals surface area contributed by atoms with Crippen molar-refractivity contribution in [2.45, 2.75) is 6.18 Å². The molecule has 31 heavy (non-hydrogen) atoms. The Balaban J connectivity index is 1.79. The van der Waals surface area contributed by atoms with E-state index in [0.717, 1.165) is 24.4 Å². The summed E-state index contributed by atoms with van der Waals surface area (Å²) in [6.07, 6.45) is -3.92. The monoisotopic (exact) mass is 452 g/mol. The molecule has 0 spiro atoms. The maximum Gasteiger partial charge on any atom is 0.416 e. The first-order chi connectivity index (χ1) is 14.6. The van der Waals surface area contributed by atoms with Gasteiger partial charge in [-0.05, 0) is 42.5 Å². The van der Waals surface area contributed by atoms with Crippen molar-refractivity contribution in [3.63, 3.8) is 0 Å². The normalized spacial score (nSPS) is 17.1. The van der Waals surface area contributed by atoms with Crippen molar-refractivity contribution in [2.24, 2.45) is 11.0 Å². The minimum absolute atomic E-state index is 0.196. The largest absolute Gasteiger partial charge is 0.416 e. The van der Waals surface area contributed by atoms with Gasteiger partial charge in [-0.25, -0.2) is 15.1 Å². The van der Waals surface area contributed by atoms with E-state index >= 15 is 0 Å². The molecule has 5 amide bonds. The van der Waals surface area contributed by atoms with Gasteiger partial charge in [-0.15, -0.1) is 0 Å². The molecule has 160 valence electrons. The topological polar surface area (TPSA) is 108 Å². The number of barbiturate groups is 1. The van der Waals surface area contributed by atoms with E-state index in [1.54, 1.807) is 0 Å². The number of rotatable bonds is 4. The summed E-state index contributed by atoms with van der Waals surface area (Å²) in [5, 5.41) is 5.82. The van der Waals surface area contributed by atoms with Gasteiger partial charge in [0.25, 0.3) is 11.8 Å². The molecule has 1 heterocycles. The number of carbonyl (C=O) groups is 4. The van der Waals surface area contributed by atoms with Crippen molar-refractivity contribution < 1.29 is 32.3 Å². The summed E-state index contributed by atoms with van der Waals surface area (Å²) in [7, 11) is 0. The number of hydrogen-bond donors (Lipinski definition) is 2. The lowest BCUT2D eigenvalue weighted by molar-refractivity contribution is -0.138. The van der Waals surface area contributed by atoms with Crippen LogP contribution in [0, 0.1) is 5.92 Å². The predicted octanol–water partition coefficient (Wildman–Crippen LogP) is 2.97. The number of urea groups is 1. The highest BCUT2D eigenvalue weighted by Crippen LogP contribution is 2.32. The van der Waals surface area contributed by atoms with Crippen LogP contribution < -0.4 is 15.6 Å². The van der Waals surface area contributed by atoms with Crippen LogP contribution in [0.3, 0.4) is 0 Å². The zero-order valence-electron chi connectivity index (χ0n) is 15.3. The molecule has 0 radical (unpaired) electrons. The van der Waals surface area contributed by atoms with Crippen LogP contribution in [-0.2, 0) is 15.8 Å². The quantitative estimate of drug-likeness (QED) is 0.422. The van der Waals surface area contributed by atoms with E-state index < -0.39 is 41.4 Å². The van der Waals surface area contributed by atoms with Crippen LogP contribution in [0.2, 0.25) is 5.02 Å². The number of nitrogens with one attached hydrogen (secondary N) is 2. The standard InChI is InChI=1S/C19H12ClF3N4O4/c20-12-6-4-10(5-7-12)15(28)26-24-9-14-16(29)25-18(31)27(17(14)30)13-3-1-2-11(8-13)19(21,22)23/h1-9,14H,(H,26,28)(H,25,29,31)/b24-9-/t14-/m1/s1. The van der Waals surface area contributed by atoms with Gasteiger partial charge in [-0.1, -0.05) is 17.7 Å². The van der Waals surface area contributed by atoms with Gasteiger partial charge in [-0.2, -0.15) is 18.3 Å². The third-order valence-corrected chi connectivity index (χ3v) is 4.38. The second-order valence-electron chi connectivity index (χ2n) is 6.22. The van der Waals surface area contributed by atoms with Crippen LogP contribution >= 0.6 is 11.6 Å². The molecule has 1 atom stereocenters. The molecule has 0 bridgehead atoms. The van der Waals surface area contributed by atoms with Gasteiger partial charge in [-0.3, -0.25) is 19.7 Å². The lowest BCUT2D eigenvalue weighted by Gasteiger charge is -2.28. The fourth-order valence-electron chi connectivity index (χ4n) is 2.62. The van der Waals surface area contributed by atoms with Gasteiger partial charge in [0.15, 0.2) is 5.92 Å². The molecule has 1 aliphatic rings. The summed E-state index contributed by atoms with van der Waals surface area (Å²) in [6.45, 7) is 0. The van der Waals surface area contributed by atoms with Crippen LogP contribution in [0.15, 0.2) is 53.6 Å². The number of hydrazone groups is 1. The van der Waals surface area contributed by atoms with E-state index in [4.69, 9.17) is 11.6 Å². The van der Waals surface area contributed by atoms with Gasteiger partial charge < -0.3 is 0 Å². The Bertz CT molecular complexity index is 1090. The van der Waals surface area contributed by atoms with Crippen LogP contribution in [0.4, 0.5) is 23.7 Å². The number of halogens is 4. The first kappa shape index (κ1) is 22.0. The molecule has 2 N–H and O–H groups in total. The SMILES string of the molecule is O=C(N/N=C\[C@@H]1C(=O)NC(=O)N(c2cccc(C(F)(F)F)c2)C1=O)c1ccc(Cl)cc1. The average molecular weight is 453 g/mol. The molecule has 2 aromatic carbocycles. The molecule has 0 saturated carbocycles. The summed E-state index contributed by atoms with van der Waals surface area (Å²) in [5.41, 5.74) is 0.839. The van der Waals surface area contributed by atoms with Crippen molar-refractivity contribution in [2.75, 3.05) is 4.90 Å². The Labute approximate surface area is 177 Å². The minimum atomic E-state index is -4.70. The average Bonchev–Trinajstić information content (AvgIpc) is 2.70. The Kier molecular flexibility index (Phi) is 6.07. The molecule has 1 fully saturated rings. The highest BCUT2D eigenvalue weighted by molar-refractivity contribution is 6.32. The molecule has 8 nitrogen and oxygen atoms in total. The van der Waals surface area contributed by atoms with E-state index in [9.17, 15) is 32.3 Å². The summed E-state index contributed by atoms with van der Waals surface area (Å²) >= 11 is 5.73. The van der Waals surface area contributed by atoms with Gasteiger partial charge in [0.05, 0.1) is 11.3 Å². The van der Waals surface area contributed by atoms with Gasteiger partial charge in [0.2, 0.25) is 5.91 Å². The van der Waals surface area contributed by atoms with Crippen molar-refractivity contribution in [1.82, 2.24) is 10.7 Å². The molecule has 0 aliphatic carbocycles. The number of alkyl halides is 3. The maximum absolute atomic E-state index is 12.9. The van der Waals surface area contributed by atoms with Gasteiger partial charge >= 0.3 is 12.2 Å². The first-order valence-corrected chi connectivity index (χ1v) is 8.91. The van der Waals surface area contributed by atoms with Gasteiger partial charge in [0.1, 0.15) is 0 Å². The zero-order valence-corrected chi connectivity index (χ0v) is 16.1. The lowest BCUT2D eigenvalue weighted by Crippen LogP contribution is -2.58. The first-order valence-electron chi connectivity index (χ1n) is 8.53. The number of benzene rings is 2. The van der Waals surface area contributed by atoms with Gasteiger partial charge in [0, 0.05) is 16.8 Å². The van der Waals surface area contributed by atoms with Crippen molar-refractivity contribution >= 4 is 47.3 Å². The molecule has 1 saturated heterocycles. The number of anilines is 1. The molecule has 2 aromatic rings. The second kappa shape index (κ2) is 8.56. The van der Waals surface area contributed by atoms with E-state index in [0.29, 0.717) is 16.0 Å². The molecule has 3 rings (SSSR count). The van der Waals surface area contributed by atoms with E-state index in [1.165, 1.54) is 24.3 Å². The van der Waals surface area contributed by atoms with Crippen LogP contribution in [-0.4, -0.2) is 30.0 Å². The van der Waals surface area contributed by atoms with E-state index in [1.807, 2.05) is 5.32 Å². The minimum Gasteiger partial charge on any atom is -0.276 e. The summed E-state index contributed by atoms with van der Waals surface area (Å²) in [5.74, 6) is -4.49. The van der Waals surface area contributed by atoms with Crippen LogP contribution in [0.5, 0.6) is 0 Å². The Morgan fingerprint density at radius 3 is 2.45 bits per heavy atom. The van der Waals surface area contributed by atoms with Crippen LogP contribution in [0.1, 0.15) is 15.9 Å². The third kappa shape index (κ3) is 4.89. The number of amides is 5. The Morgan fingerprint density at radius 1 is 1.13 bits per heavy atom. The molecule has 1 aliphatic heterocycles. The summed E-state index contributed by atoms with van der Waals surface area (Å²) in [6, 6.07) is 8.07. The highest BCUT2D eigenvalue weighted by Gasteiger charge is 2.41. The lowest BCUT2D eigenvalue weighted by atomic mass is 10.1. The molecule has 0 aromatic heterocycles. The van der Waals surface area contributed by atoms with E-state index in [2.05, 4.69) is 10.5 Å². The summed E-state index contributed by atoms with van der Waals surface area (Å²) in [4.78, 5) is 49.1. The van der Waals surface area contributed by atoms with Crippen molar-refractivity contribution in [1.29, 1.82) is 0 Å². The third-order valence-electron chi connectivity index (χ3n) is 4.13. The zero-order chi connectivity index (χ0) is 22.8. The van der Waals surface area contributed by atoms with Crippen molar-refractivity contribution in [3.8, 4) is 0 Å². The number of nitrogens with zero attached hydrogens (tertiary/aromatic N) is 2. The number of hydrogen-bond acceptors (Lipinski definition) is 5.